The van der Waals surface area contributed by atoms with E-state index in [-0.39, 0.29) is 24.5 Å². The number of carbonyl (C=O) groups is 1. The molecule has 0 heterocycles. The third kappa shape index (κ3) is 3.32. The quantitative estimate of drug-likeness (QED) is 0.891. The van der Waals surface area contributed by atoms with Gasteiger partial charge >= 0.3 is 0 Å². The molecule has 1 rings (SSSR count). The fraction of sp³-hybridized carbons (Fsp3) is 0.417. The molecule has 16 heavy (non-hydrogen) atoms. The second-order valence-electron chi connectivity index (χ2n) is 3.90. The minimum absolute atomic E-state index is 0.0476. The summed E-state index contributed by atoms with van der Waals surface area (Å²) in [5, 5.41) is 11.8. The molecule has 0 aromatic heterocycles. The van der Waals surface area contributed by atoms with Gasteiger partial charge in [0.1, 0.15) is 0 Å². The number of rotatable bonds is 4. The molecule has 4 heteroatoms. The summed E-state index contributed by atoms with van der Waals surface area (Å²) in [6, 6.07) is 7.22. The van der Waals surface area contributed by atoms with Crippen LogP contribution in [0, 0.1) is 5.92 Å². The molecular weight excluding hydrogens is 270 g/mol. The highest BCUT2D eigenvalue weighted by Crippen LogP contribution is 2.16. The Labute approximate surface area is 104 Å². The molecule has 0 saturated carbocycles. The number of benzene rings is 1. The predicted molar refractivity (Wildman–Crippen MR) is 67.3 cm³/mol. The largest absolute Gasteiger partial charge is 0.396 e. The number of hydrogen-bond acceptors (Lipinski definition) is 2. The Morgan fingerprint density at radius 3 is 2.62 bits per heavy atom. The Bertz CT molecular complexity index is 368. The van der Waals surface area contributed by atoms with E-state index in [1.165, 1.54) is 0 Å². The van der Waals surface area contributed by atoms with Gasteiger partial charge in [-0.1, -0.05) is 19.1 Å². The average Bonchev–Trinajstić information content (AvgIpc) is 2.28. The van der Waals surface area contributed by atoms with E-state index in [1.54, 1.807) is 6.07 Å². The van der Waals surface area contributed by atoms with Crippen molar-refractivity contribution in [2.75, 3.05) is 6.61 Å². The topological polar surface area (TPSA) is 49.3 Å². The molecule has 0 aliphatic rings. The van der Waals surface area contributed by atoms with Crippen molar-refractivity contribution in [1.82, 2.24) is 5.32 Å². The number of aliphatic hydroxyl groups is 1. The summed E-state index contributed by atoms with van der Waals surface area (Å²) in [5.41, 5.74) is 0.611. The van der Waals surface area contributed by atoms with Crippen molar-refractivity contribution in [1.29, 1.82) is 0 Å². The zero-order chi connectivity index (χ0) is 12.1. The Morgan fingerprint density at radius 2 is 2.06 bits per heavy atom. The Kier molecular flexibility index (Phi) is 4.96. The van der Waals surface area contributed by atoms with Gasteiger partial charge in [-0.15, -0.1) is 0 Å². The van der Waals surface area contributed by atoms with Crippen LogP contribution >= 0.6 is 15.9 Å². The van der Waals surface area contributed by atoms with E-state index in [0.29, 0.717) is 5.56 Å². The zero-order valence-electron chi connectivity index (χ0n) is 9.40. The van der Waals surface area contributed by atoms with Crippen LogP contribution in [0.2, 0.25) is 0 Å². The van der Waals surface area contributed by atoms with Crippen molar-refractivity contribution in [2.24, 2.45) is 5.92 Å². The molecule has 2 atom stereocenters. The lowest BCUT2D eigenvalue weighted by Crippen LogP contribution is -2.38. The molecule has 1 aromatic carbocycles. The van der Waals surface area contributed by atoms with E-state index in [1.807, 2.05) is 32.0 Å². The summed E-state index contributed by atoms with van der Waals surface area (Å²) in [5.74, 6) is -0.0771. The molecule has 0 spiro atoms. The van der Waals surface area contributed by atoms with Crippen LogP contribution < -0.4 is 5.32 Å². The third-order valence-corrected chi connectivity index (χ3v) is 3.31. The number of carbonyl (C=O) groups excluding carboxylic acids is 1. The number of nitrogens with one attached hydrogen (secondary N) is 1. The summed E-state index contributed by atoms with van der Waals surface area (Å²) < 4.78 is 0.774. The SMILES string of the molecule is CC(CO)C(C)NC(=O)c1ccccc1Br. The van der Waals surface area contributed by atoms with Gasteiger partial charge in [0.25, 0.3) is 5.91 Å². The highest BCUT2D eigenvalue weighted by Gasteiger charge is 2.16. The van der Waals surface area contributed by atoms with Crippen LogP contribution in [0.4, 0.5) is 0 Å². The highest BCUT2D eigenvalue weighted by atomic mass is 79.9. The predicted octanol–water partition coefficient (Wildman–Crippen LogP) is 2.20. The van der Waals surface area contributed by atoms with E-state index < -0.39 is 0 Å². The molecule has 0 bridgehead atoms. The number of amides is 1. The number of aliphatic hydroxyl groups excluding tert-OH is 1. The molecule has 1 amide bonds. The van der Waals surface area contributed by atoms with Crippen LogP contribution in [0.5, 0.6) is 0 Å². The van der Waals surface area contributed by atoms with Crippen LogP contribution in [-0.2, 0) is 0 Å². The van der Waals surface area contributed by atoms with Gasteiger partial charge in [-0.05, 0) is 40.9 Å². The maximum Gasteiger partial charge on any atom is 0.252 e. The summed E-state index contributed by atoms with van der Waals surface area (Å²) >= 11 is 3.33. The Balaban J connectivity index is 2.70. The molecular formula is C12H16BrNO2. The minimum atomic E-state index is -0.125. The first-order chi connectivity index (χ1) is 7.56. The van der Waals surface area contributed by atoms with Gasteiger partial charge in [0, 0.05) is 17.1 Å². The Hall–Kier alpha value is -0.870. The molecule has 88 valence electrons. The minimum Gasteiger partial charge on any atom is -0.396 e. The number of halogens is 1. The summed E-state index contributed by atoms with van der Waals surface area (Å²) in [7, 11) is 0. The van der Waals surface area contributed by atoms with Crippen molar-refractivity contribution in [3.05, 3.63) is 34.3 Å². The average molecular weight is 286 g/mol. The van der Waals surface area contributed by atoms with Gasteiger partial charge in [-0.3, -0.25) is 4.79 Å². The molecule has 0 fully saturated rings. The van der Waals surface area contributed by atoms with Crippen LogP contribution in [0.3, 0.4) is 0 Å². The number of hydrogen-bond donors (Lipinski definition) is 2. The zero-order valence-corrected chi connectivity index (χ0v) is 11.0. The van der Waals surface area contributed by atoms with Gasteiger partial charge in [-0.25, -0.2) is 0 Å². The maximum atomic E-state index is 11.9. The summed E-state index contributed by atoms with van der Waals surface area (Å²) in [4.78, 5) is 11.9. The third-order valence-electron chi connectivity index (χ3n) is 2.62. The fourth-order valence-corrected chi connectivity index (χ4v) is 1.70. The van der Waals surface area contributed by atoms with E-state index in [2.05, 4.69) is 21.2 Å². The fourth-order valence-electron chi connectivity index (χ4n) is 1.23. The lowest BCUT2D eigenvalue weighted by Gasteiger charge is -2.19. The smallest absolute Gasteiger partial charge is 0.252 e. The first-order valence-corrected chi connectivity index (χ1v) is 6.01. The maximum absolute atomic E-state index is 11.9. The molecule has 0 radical (unpaired) electrons. The van der Waals surface area contributed by atoms with E-state index >= 15 is 0 Å². The van der Waals surface area contributed by atoms with Crippen LogP contribution in [-0.4, -0.2) is 23.7 Å². The van der Waals surface area contributed by atoms with E-state index in [9.17, 15) is 4.79 Å². The Morgan fingerprint density at radius 1 is 1.44 bits per heavy atom. The molecule has 1 aromatic rings. The monoisotopic (exact) mass is 285 g/mol. The van der Waals surface area contributed by atoms with Crippen LogP contribution in [0.25, 0.3) is 0 Å². The van der Waals surface area contributed by atoms with Gasteiger partial charge in [0.15, 0.2) is 0 Å². The molecule has 0 saturated heterocycles. The van der Waals surface area contributed by atoms with Crippen molar-refractivity contribution >= 4 is 21.8 Å². The molecule has 0 aliphatic carbocycles. The van der Waals surface area contributed by atoms with Crippen molar-refractivity contribution in [2.45, 2.75) is 19.9 Å². The van der Waals surface area contributed by atoms with Gasteiger partial charge in [0.05, 0.1) is 5.56 Å². The first-order valence-electron chi connectivity index (χ1n) is 5.22. The van der Waals surface area contributed by atoms with Gasteiger partial charge in [-0.2, -0.15) is 0 Å². The van der Waals surface area contributed by atoms with Crippen LogP contribution in [0.1, 0.15) is 24.2 Å². The van der Waals surface area contributed by atoms with E-state index in [0.717, 1.165) is 4.47 Å². The lowest BCUT2D eigenvalue weighted by atomic mass is 10.0. The van der Waals surface area contributed by atoms with E-state index in [4.69, 9.17) is 5.11 Å². The first kappa shape index (κ1) is 13.2. The molecule has 0 aliphatic heterocycles. The normalized spacial score (nSPS) is 14.2. The van der Waals surface area contributed by atoms with Crippen molar-refractivity contribution < 1.29 is 9.90 Å². The van der Waals surface area contributed by atoms with Crippen molar-refractivity contribution in [3.63, 3.8) is 0 Å². The lowest BCUT2D eigenvalue weighted by molar-refractivity contribution is 0.0915. The summed E-state index contributed by atoms with van der Waals surface area (Å²) in [6.45, 7) is 3.85. The molecule has 3 nitrogen and oxygen atoms in total. The summed E-state index contributed by atoms with van der Waals surface area (Å²) in [6.07, 6.45) is 0. The highest BCUT2D eigenvalue weighted by molar-refractivity contribution is 9.10. The van der Waals surface area contributed by atoms with Crippen molar-refractivity contribution in [3.8, 4) is 0 Å². The second-order valence-corrected chi connectivity index (χ2v) is 4.76. The van der Waals surface area contributed by atoms with Gasteiger partial charge in [0.2, 0.25) is 0 Å². The van der Waals surface area contributed by atoms with Gasteiger partial charge < -0.3 is 10.4 Å². The van der Waals surface area contributed by atoms with Crippen LogP contribution in [0.15, 0.2) is 28.7 Å². The molecule has 2 N–H and O–H groups in total. The molecule has 2 unspecified atom stereocenters. The second kappa shape index (κ2) is 6.01. The standard InChI is InChI=1S/C12H16BrNO2/c1-8(7-15)9(2)14-12(16)10-5-3-4-6-11(10)13/h3-6,8-9,15H,7H2,1-2H3,(H,14,16).